The summed E-state index contributed by atoms with van der Waals surface area (Å²) in [6.07, 6.45) is -0.698. The van der Waals surface area contributed by atoms with Gasteiger partial charge in [-0.3, -0.25) is 4.99 Å². The van der Waals surface area contributed by atoms with Crippen LogP contribution in [0.5, 0.6) is 0 Å². The predicted molar refractivity (Wildman–Crippen MR) is 100 cm³/mol. The first-order chi connectivity index (χ1) is 12.9. The number of halogens is 4. The van der Waals surface area contributed by atoms with E-state index in [4.69, 9.17) is 11.6 Å². The third-order valence-corrected chi connectivity index (χ3v) is 3.76. The molecule has 0 fully saturated rings. The molecular formula is C17H20ClF3N6. The van der Waals surface area contributed by atoms with Crippen LogP contribution in [-0.4, -0.2) is 42.6 Å². The summed E-state index contributed by atoms with van der Waals surface area (Å²) in [5.41, 5.74) is 0.239. The van der Waals surface area contributed by atoms with Gasteiger partial charge in [0.2, 0.25) is 0 Å². The molecule has 0 aliphatic carbocycles. The number of anilines is 1. The van der Waals surface area contributed by atoms with Gasteiger partial charge in [-0.05, 0) is 30.2 Å². The Bertz CT molecular complexity index is 749. The van der Waals surface area contributed by atoms with E-state index in [9.17, 15) is 13.2 Å². The molecule has 0 saturated heterocycles. The van der Waals surface area contributed by atoms with E-state index in [0.717, 1.165) is 18.1 Å². The molecule has 0 saturated carbocycles. The number of aliphatic imine (C=N–C) groups is 1. The SMILES string of the molecule is CN=C(NCCNc1ncccc1C(F)(F)F)NCCc1ccc(Cl)nc1. The molecule has 0 aliphatic rings. The van der Waals surface area contributed by atoms with Gasteiger partial charge in [0.15, 0.2) is 5.96 Å². The quantitative estimate of drug-likeness (QED) is 0.288. The number of hydrogen-bond donors (Lipinski definition) is 3. The van der Waals surface area contributed by atoms with Crippen LogP contribution in [0.2, 0.25) is 5.15 Å². The van der Waals surface area contributed by atoms with Crippen molar-refractivity contribution >= 4 is 23.4 Å². The van der Waals surface area contributed by atoms with Crippen LogP contribution in [0.25, 0.3) is 0 Å². The number of nitrogens with zero attached hydrogens (tertiary/aromatic N) is 3. The van der Waals surface area contributed by atoms with Crippen LogP contribution in [0, 0.1) is 0 Å². The molecule has 2 aromatic heterocycles. The first-order valence-electron chi connectivity index (χ1n) is 8.21. The smallest absolute Gasteiger partial charge is 0.368 e. The maximum absolute atomic E-state index is 12.9. The van der Waals surface area contributed by atoms with E-state index in [1.165, 1.54) is 12.3 Å². The van der Waals surface area contributed by atoms with Crippen molar-refractivity contribution in [3.05, 3.63) is 52.9 Å². The molecule has 2 rings (SSSR count). The number of nitrogens with one attached hydrogen (secondary N) is 3. The topological polar surface area (TPSA) is 74.2 Å². The number of pyridine rings is 2. The maximum atomic E-state index is 12.9. The number of guanidine groups is 1. The molecule has 6 nitrogen and oxygen atoms in total. The lowest BCUT2D eigenvalue weighted by Crippen LogP contribution is -2.40. The van der Waals surface area contributed by atoms with E-state index in [1.807, 2.05) is 6.07 Å². The van der Waals surface area contributed by atoms with Crippen molar-refractivity contribution in [3.63, 3.8) is 0 Å². The Labute approximate surface area is 160 Å². The fourth-order valence-electron chi connectivity index (χ4n) is 2.24. The molecule has 3 N–H and O–H groups in total. The average molecular weight is 401 g/mol. The standard InChI is InChI=1S/C17H20ClF3N6/c1-22-16(25-8-6-12-4-5-14(18)27-11-12)26-10-9-24-15-13(17(19,20)21)3-2-7-23-15/h2-5,7,11H,6,8-10H2,1H3,(H,23,24)(H2,22,25,26). The highest BCUT2D eigenvalue weighted by molar-refractivity contribution is 6.29. The van der Waals surface area contributed by atoms with Gasteiger partial charge in [0.25, 0.3) is 0 Å². The fourth-order valence-corrected chi connectivity index (χ4v) is 2.35. The monoisotopic (exact) mass is 400 g/mol. The highest BCUT2D eigenvalue weighted by Gasteiger charge is 2.33. The second kappa shape index (κ2) is 9.96. The Balaban J connectivity index is 1.73. The fraction of sp³-hybridized carbons (Fsp3) is 0.353. The molecule has 0 atom stereocenters. The Morgan fingerprint density at radius 3 is 2.56 bits per heavy atom. The Morgan fingerprint density at radius 2 is 1.89 bits per heavy atom. The molecule has 0 bridgehead atoms. The minimum atomic E-state index is -4.45. The van der Waals surface area contributed by atoms with Gasteiger partial charge in [0, 0.05) is 39.1 Å². The zero-order chi connectivity index (χ0) is 19.7. The summed E-state index contributed by atoms with van der Waals surface area (Å²) in [6.45, 7) is 1.24. The van der Waals surface area contributed by atoms with Crippen LogP contribution < -0.4 is 16.0 Å². The molecule has 0 aromatic carbocycles. The zero-order valence-corrected chi connectivity index (χ0v) is 15.4. The lowest BCUT2D eigenvalue weighted by molar-refractivity contribution is -0.137. The van der Waals surface area contributed by atoms with Crippen LogP contribution in [0.1, 0.15) is 11.1 Å². The van der Waals surface area contributed by atoms with Gasteiger partial charge in [-0.1, -0.05) is 17.7 Å². The zero-order valence-electron chi connectivity index (χ0n) is 14.6. The lowest BCUT2D eigenvalue weighted by Gasteiger charge is -2.15. The van der Waals surface area contributed by atoms with Gasteiger partial charge in [0.05, 0.1) is 5.56 Å². The highest BCUT2D eigenvalue weighted by atomic mass is 35.5. The molecule has 0 amide bonds. The molecule has 0 unspecified atom stereocenters. The van der Waals surface area contributed by atoms with E-state index >= 15 is 0 Å². The van der Waals surface area contributed by atoms with Gasteiger partial charge in [-0.15, -0.1) is 0 Å². The van der Waals surface area contributed by atoms with Gasteiger partial charge < -0.3 is 16.0 Å². The number of aromatic nitrogens is 2. The van der Waals surface area contributed by atoms with E-state index in [2.05, 4.69) is 30.9 Å². The summed E-state index contributed by atoms with van der Waals surface area (Å²) in [5.74, 6) is 0.362. The second-order valence-electron chi connectivity index (χ2n) is 5.49. The van der Waals surface area contributed by atoms with Crippen molar-refractivity contribution < 1.29 is 13.2 Å². The molecule has 27 heavy (non-hydrogen) atoms. The van der Waals surface area contributed by atoms with E-state index in [1.54, 1.807) is 19.3 Å². The lowest BCUT2D eigenvalue weighted by atomic mass is 10.2. The minimum Gasteiger partial charge on any atom is -0.368 e. The normalized spacial score (nSPS) is 12.0. The first kappa shape index (κ1) is 20.8. The Kier molecular flexibility index (Phi) is 7.66. The summed E-state index contributed by atoms with van der Waals surface area (Å²) >= 11 is 5.74. The maximum Gasteiger partial charge on any atom is 0.419 e. The Morgan fingerprint density at radius 1 is 1.11 bits per heavy atom. The average Bonchev–Trinajstić information content (AvgIpc) is 2.64. The molecule has 0 radical (unpaired) electrons. The van der Waals surface area contributed by atoms with E-state index in [0.29, 0.717) is 24.2 Å². The number of hydrogen-bond acceptors (Lipinski definition) is 4. The largest absolute Gasteiger partial charge is 0.419 e. The number of rotatable bonds is 7. The second-order valence-corrected chi connectivity index (χ2v) is 5.88. The summed E-state index contributed by atoms with van der Waals surface area (Å²) in [6, 6.07) is 5.87. The molecule has 10 heteroatoms. The Hall–Kier alpha value is -2.55. The molecule has 2 heterocycles. The van der Waals surface area contributed by atoms with Gasteiger partial charge in [0.1, 0.15) is 11.0 Å². The highest BCUT2D eigenvalue weighted by Crippen LogP contribution is 2.33. The van der Waals surface area contributed by atoms with Crippen LogP contribution >= 0.6 is 11.6 Å². The number of alkyl halides is 3. The molecular weight excluding hydrogens is 381 g/mol. The van der Waals surface area contributed by atoms with E-state index < -0.39 is 11.7 Å². The van der Waals surface area contributed by atoms with E-state index in [-0.39, 0.29) is 12.4 Å². The first-order valence-corrected chi connectivity index (χ1v) is 8.59. The van der Waals surface area contributed by atoms with Crippen molar-refractivity contribution in [2.75, 3.05) is 32.0 Å². The van der Waals surface area contributed by atoms with Gasteiger partial charge in [-0.2, -0.15) is 13.2 Å². The minimum absolute atomic E-state index is 0.190. The third-order valence-electron chi connectivity index (χ3n) is 3.54. The van der Waals surface area contributed by atoms with Crippen LogP contribution in [-0.2, 0) is 12.6 Å². The van der Waals surface area contributed by atoms with Crippen molar-refractivity contribution in [1.82, 2.24) is 20.6 Å². The summed E-state index contributed by atoms with van der Waals surface area (Å²) in [4.78, 5) is 11.8. The van der Waals surface area contributed by atoms with Crippen LogP contribution in [0.3, 0.4) is 0 Å². The summed E-state index contributed by atoms with van der Waals surface area (Å²) < 4.78 is 38.7. The summed E-state index contributed by atoms with van der Waals surface area (Å²) in [7, 11) is 1.62. The van der Waals surface area contributed by atoms with Gasteiger partial charge in [-0.25, -0.2) is 9.97 Å². The predicted octanol–water partition coefficient (Wildman–Crippen LogP) is 2.97. The van der Waals surface area contributed by atoms with Crippen molar-refractivity contribution in [2.24, 2.45) is 4.99 Å². The van der Waals surface area contributed by atoms with Crippen LogP contribution in [0.15, 0.2) is 41.7 Å². The molecule has 2 aromatic rings. The molecule has 146 valence electrons. The van der Waals surface area contributed by atoms with Gasteiger partial charge >= 0.3 is 6.18 Å². The molecule has 0 spiro atoms. The van der Waals surface area contributed by atoms with Crippen molar-refractivity contribution in [1.29, 1.82) is 0 Å². The third kappa shape index (κ3) is 6.93. The summed E-state index contributed by atoms with van der Waals surface area (Å²) in [5, 5.41) is 9.28. The van der Waals surface area contributed by atoms with Crippen LogP contribution in [0.4, 0.5) is 19.0 Å². The van der Waals surface area contributed by atoms with Crippen molar-refractivity contribution in [3.8, 4) is 0 Å². The molecule has 0 aliphatic heterocycles. The van der Waals surface area contributed by atoms with Crippen molar-refractivity contribution in [2.45, 2.75) is 12.6 Å².